The Morgan fingerprint density at radius 2 is 1.71 bits per heavy atom. The topological polar surface area (TPSA) is 63.2 Å². The minimum Gasteiger partial charge on any atom is -0.435 e. The molecule has 180 valence electrons. The van der Waals surface area contributed by atoms with Crippen LogP contribution in [0.25, 0.3) is 11.1 Å². The number of hydrogen-bond donors (Lipinski definition) is 1. The van der Waals surface area contributed by atoms with Crippen molar-refractivity contribution < 1.29 is 31.1 Å². The number of pyridine rings is 1. The molecule has 0 radical (unpaired) electrons. The molecular weight excluding hydrogens is 464 g/mol. The molecule has 1 aromatic carbocycles. The first kappa shape index (κ1) is 23.6. The summed E-state index contributed by atoms with van der Waals surface area (Å²) in [5, 5.41) is 10.6. The summed E-state index contributed by atoms with van der Waals surface area (Å²) in [6, 6.07) is 8.89. The van der Waals surface area contributed by atoms with Crippen LogP contribution < -0.4 is 15.0 Å². The van der Waals surface area contributed by atoms with Gasteiger partial charge in [-0.05, 0) is 36.6 Å². The molecule has 4 rings (SSSR count). The highest BCUT2D eigenvalue weighted by Gasteiger charge is 2.41. The van der Waals surface area contributed by atoms with Crippen LogP contribution in [0, 0.1) is 11.7 Å². The number of piperidine rings is 1. The van der Waals surface area contributed by atoms with Gasteiger partial charge in [0.25, 0.3) is 0 Å². The molecule has 0 saturated carbocycles. The minimum atomic E-state index is -4.23. The first-order chi connectivity index (χ1) is 16.2. The van der Waals surface area contributed by atoms with Crippen LogP contribution in [0.2, 0.25) is 0 Å². The summed E-state index contributed by atoms with van der Waals surface area (Å²) in [5.41, 5.74) is 1.27. The molecule has 0 unspecified atom stereocenters. The summed E-state index contributed by atoms with van der Waals surface area (Å²) < 4.78 is 82.1. The molecule has 1 aliphatic rings. The van der Waals surface area contributed by atoms with Crippen LogP contribution in [0.15, 0.2) is 48.8 Å². The van der Waals surface area contributed by atoms with Crippen molar-refractivity contribution in [3.63, 3.8) is 0 Å². The summed E-state index contributed by atoms with van der Waals surface area (Å²) in [6.07, 6.45) is -1.89. The third kappa shape index (κ3) is 5.67. The number of nitrogens with one attached hydrogen (secondary N) is 1. The summed E-state index contributed by atoms with van der Waals surface area (Å²) in [5.74, 6) is -1.46. The second kappa shape index (κ2) is 9.74. The van der Waals surface area contributed by atoms with Crippen molar-refractivity contribution in [1.29, 1.82) is 0 Å². The number of ether oxygens (including phenoxy) is 1. The van der Waals surface area contributed by atoms with Crippen molar-refractivity contribution in [2.75, 3.05) is 23.3 Å². The largest absolute Gasteiger partial charge is 0.435 e. The molecule has 1 saturated heterocycles. The molecule has 3 heterocycles. The fourth-order valence-corrected chi connectivity index (χ4v) is 3.68. The van der Waals surface area contributed by atoms with Crippen molar-refractivity contribution in [3.8, 4) is 16.9 Å². The Kier molecular flexibility index (Phi) is 6.75. The number of nitrogens with zero attached hydrogens (tertiary/aromatic N) is 4. The second-order valence-electron chi connectivity index (χ2n) is 7.68. The number of benzene rings is 1. The van der Waals surface area contributed by atoms with E-state index in [0.717, 1.165) is 6.20 Å². The zero-order chi connectivity index (χ0) is 24.3. The smallest absolute Gasteiger partial charge is 0.391 e. The van der Waals surface area contributed by atoms with Gasteiger partial charge < -0.3 is 15.0 Å². The Morgan fingerprint density at radius 3 is 2.35 bits per heavy atom. The Labute approximate surface area is 190 Å². The van der Waals surface area contributed by atoms with Gasteiger partial charge in [-0.3, -0.25) is 0 Å². The van der Waals surface area contributed by atoms with Crippen LogP contribution in [0.5, 0.6) is 5.75 Å². The number of hydrogen-bond acceptors (Lipinski definition) is 6. The molecule has 1 fully saturated rings. The molecular formula is C22H19F6N5O. The van der Waals surface area contributed by atoms with E-state index in [1.807, 2.05) is 0 Å². The highest BCUT2D eigenvalue weighted by Crippen LogP contribution is 2.35. The summed E-state index contributed by atoms with van der Waals surface area (Å²) in [6.45, 7) is -2.62. The van der Waals surface area contributed by atoms with Crippen molar-refractivity contribution in [2.24, 2.45) is 5.92 Å². The zero-order valence-electron chi connectivity index (χ0n) is 17.6. The van der Waals surface area contributed by atoms with Crippen LogP contribution in [0.4, 0.5) is 43.7 Å². The van der Waals surface area contributed by atoms with Gasteiger partial charge in [-0.1, -0.05) is 12.1 Å². The predicted molar refractivity (Wildman–Crippen MR) is 113 cm³/mol. The SMILES string of the molecule is Fc1cnc(N2CCC(C(F)(F)F)CC2)cc1Nc1cc(-c2ccc(OC(F)F)cc2)cnn1. The molecule has 2 aromatic heterocycles. The van der Waals surface area contributed by atoms with Crippen LogP contribution in [-0.4, -0.2) is 41.1 Å². The molecule has 1 aliphatic heterocycles. The Morgan fingerprint density at radius 1 is 1.00 bits per heavy atom. The Hall–Kier alpha value is -3.57. The lowest BCUT2D eigenvalue weighted by Crippen LogP contribution is -2.39. The first-order valence-corrected chi connectivity index (χ1v) is 10.3. The van der Waals surface area contributed by atoms with Crippen molar-refractivity contribution in [1.82, 2.24) is 15.2 Å². The van der Waals surface area contributed by atoms with Gasteiger partial charge >= 0.3 is 12.8 Å². The van der Waals surface area contributed by atoms with E-state index in [2.05, 4.69) is 25.2 Å². The molecule has 0 aliphatic carbocycles. The average molecular weight is 483 g/mol. The Balaban J connectivity index is 1.48. The maximum Gasteiger partial charge on any atom is 0.391 e. The lowest BCUT2D eigenvalue weighted by molar-refractivity contribution is -0.179. The van der Waals surface area contributed by atoms with E-state index in [0.29, 0.717) is 16.9 Å². The predicted octanol–water partition coefficient (Wildman–Crippen LogP) is 5.80. The molecule has 0 atom stereocenters. The summed E-state index contributed by atoms with van der Waals surface area (Å²) in [7, 11) is 0. The van der Waals surface area contributed by atoms with Gasteiger partial charge in [0.15, 0.2) is 11.6 Å². The number of anilines is 3. The van der Waals surface area contributed by atoms with E-state index in [-0.39, 0.29) is 43.2 Å². The monoisotopic (exact) mass is 483 g/mol. The van der Waals surface area contributed by atoms with Gasteiger partial charge in [0.2, 0.25) is 0 Å². The van der Waals surface area contributed by atoms with E-state index in [1.54, 1.807) is 23.1 Å². The van der Waals surface area contributed by atoms with E-state index >= 15 is 0 Å². The van der Waals surface area contributed by atoms with Gasteiger partial charge in [-0.2, -0.15) is 27.1 Å². The average Bonchev–Trinajstić information content (AvgIpc) is 2.80. The van der Waals surface area contributed by atoms with Crippen molar-refractivity contribution in [2.45, 2.75) is 25.6 Å². The van der Waals surface area contributed by atoms with Gasteiger partial charge in [-0.15, -0.1) is 5.10 Å². The minimum absolute atomic E-state index is 0.00441. The van der Waals surface area contributed by atoms with Gasteiger partial charge in [-0.25, -0.2) is 9.37 Å². The van der Waals surface area contributed by atoms with Crippen LogP contribution in [0.3, 0.4) is 0 Å². The lowest BCUT2D eigenvalue weighted by atomic mass is 9.96. The first-order valence-electron chi connectivity index (χ1n) is 10.3. The molecule has 0 spiro atoms. The molecule has 3 aromatic rings. The fraction of sp³-hybridized carbons (Fsp3) is 0.318. The highest BCUT2D eigenvalue weighted by molar-refractivity contribution is 5.69. The van der Waals surface area contributed by atoms with Crippen molar-refractivity contribution >= 4 is 17.3 Å². The zero-order valence-corrected chi connectivity index (χ0v) is 17.6. The molecule has 0 bridgehead atoms. The third-order valence-corrected chi connectivity index (χ3v) is 5.45. The van der Waals surface area contributed by atoms with Crippen LogP contribution in [0.1, 0.15) is 12.8 Å². The summed E-state index contributed by atoms with van der Waals surface area (Å²) in [4.78, 5) is 5.69. The van der Waals surface area contributed by atoms with Crippen LogP contribution >= 0.6 is 0 Å². The number of halogens is 6. The number of alkyl halides is 5. The standard InChI is InChI=1S/C22H19F6N5O/c23-17-12-29-20(33-7-5-15(6-8-33)22(26,27)28)10-18(17)31-19-9-14(11-30-32-19)13-1-3-16(4-2-13)34-21(24)25/h1-4,9-12,15,21H,5-8H2,(H,29,31,32). The maximum atomic E-state index is 14.4. The van der Waals surface area contributed by atoms with E-state index in [1.165, 1.54) is 24.4 Å². The normalized spacial score (nSPS) is 15.0. The maximum absolute atomic E-state index is 14.4. The van der Waals surface area contributed by atoms with Gasteiger partial charge in [0, 0.05) is 24.7 Å². The van der Waals surface area contributed by atoms with Gasteiger partial charge in [0.05, 0.1) is 24.0 Å². The second-order valence-corrected chi connectivity index (χ2v) is 7.68. The molecule has 12 heteroatoms. The van der Waals surface area contributed by atoms with Crippen LogP contribution in [-0.2, 0) is 0 Å². The molecule has 1 N–H and O–H groups in total. The number of rotatable bonds is 6. The van der Waals surface area contributed by atoms with E-state index in [4.69, 9.17) is 0 Å². The number of aromatic nitrogens is 3. The van der Waals surface area contributed by atoms with E-state index in [9.17, 15) is 26.3 Å². The quantitative estimate of drug-likeness (QED) is 0.447. The fourth-order valence-electron chi connectivity index (χ4n) is 3.68. The molecule has 34 heavy (non-hydrogen) atoms. The Bertz CT molecular complexity index is 1120. The lowest BCUT2D eigenvalue weighted by Gasteiger charge is -2.33. The molecule has 6 nitrogen and oxygen atoms in total. The van der Waals surface area contributed by atoms with Crippen molar-refractivity contribution in [3.05, 3.63) is 54.6 Å². The highest BCUT2D eigenvalue weighted by atomic mass is 19.4. The van der Waals surface area contributed by atoms with Gasteiger partial charge in [0.1, 0.15) is 11.6 Å². The van der Waals surface area contributed by atoms with E-state index < -0.39 is 24.5 Å². The summed E-state index contributed by atoms with van der Waals surface area (Å²) >= 11 is 0. The third-order valence-electron chi connectivity index (χ3n) is 5.45. The molecule has 0 amide bonds.